The van der Waals surface area contributed by atoms with Crippen molar-refractivity contribution in [3.05, 3.63) is 59.2 Å². The molecule has 8 nitrogen and oxygen atoms in total. The van der Waals surface area contributed by atoms with Crippen LogP contribution in [0.1, 0.15) is 42.6 Å². The van der Waals surface area contributed by atoms with Gasteiger partial charge in [0.05, 0.1) is 18.9 Å². The minimum absolute atomic E-state index is 0.0325. The van der Waals surface area contributed by atoms with Crippen LogP contribution in [0, 0.1) is 0 Å². The number of hydroxylamine groups is 2. The first kappa shape index (κ1) is 23.7. The molecular weight excluding hydrogens is 432 g/mol. The fraction of sp³-hybridized carbons (Fsp3) is 0.346. The van der Waals surface area contributed by atoms with Crippen molar-refractivity contribution in [2.45, 2.75) is 26.7 Å². The molecule has 0 aromatic heterocycles. The zero-order valence-corrected chi connectivity index (χ0v) is 19.6. The quantitative estimate of drug-likeness (QED) is 0.632. The van der Waals surface area contributed by atoms with Gasteiger partial charge in [-0.15, -0.1) is 0 Å². The van der Waals surface area contributed by atoms with E-state index in [0.29, 0.717) is 55.7 Å². The maximum Gasteiger partial charge on any atom is 0.273 e. The number of fused-ring (bicyclic) bond motifs is 1. The lowest BCUT2D eigenvalue weighted by Crippen LogP contribution is -2.34. The second-order valence-electron chi connectivity index (χ2n) is 8.23. The topological polar surface area (TPSA) is 97.5 Å². The van der Waals surface area contributed by atoms with Crippen molar-refractivity contribution in [1.29, 1.82) is 0 Å². The summed E-state index contributed by atoms with van der Waals surface area (Å²) in [6.07, 6.45) is 2.89. The Labute approximate surface area is 199 Å². The molecule has 1 fully saturated rings. The highest BCUT2D eigenvalue weighted by Gasteiger charge is 2.22. The van der Waals surface area contributed by atoms with Crippen molar-refractivity contribution in [2.75, 3.05) is 33.0 Å². The summed E-state index contributed by atoms with van der Waals surface area (Å²) in [4.78, 5) is 37.4. The molecule has 0 saturated carbocycles. The highest BCUT2D eigenvalue weighted by molar-refractivity contribution is 6.05. The predicted molar refractivity (Wildman–Crippen MR) is 131 cm³/mol. The lowest BCUT2D eigenvalue weighted by Gasteiger charge is -2.21. The van der Waals surface area contributed by atoms with Crippen molar-refractivity contribution in [1.82, 2.24) is 9.96 Å². The average molecular weight is 463 g/mol. The summed E-state index contributed by atoms with van der Waals surface area (Å²) in [6.45, 7) is 6.30. The molecule has 0 aliphatic carbocycles. The van der Waals surface area contributed by atoms with E-state index in [1.807, 2.05) is 62.4 Å². The predicted octanol–water partition coefficient (Wildman–Crippen LogP) is 3.75. The molecule has 0 spiro atoms. The third-order valence-electron chi connectivity index (χ3n) is 5.71. The van der Waals surface area contributed by atoms with Gasteiger partial charge in [-0.3, -0.25) is 14.4 Å². The third kappa shape index (κ3) is 5.18. The maximum atomic E-state index is 13.0. The van der Waals surface area contributed by atoms with E-state index in [1.165, 1.54) is 5.06 Å². The van der Waals surface area contributed by atoms with Gasteiger partial charge in [-0.25, -0.2) is 10.1 Å². The number of carbonyl (C=O) groups is 2. The number of benzene rings is 2. The number of amidine groups is 1. The molecule has 0 radical (unpaired) electrons. The van der Waals surface area contributed by atoms with Crippen LogP contribution < -0.4 is 5.73 Å². The van der Waals surface area contributed by atoms with Gasteiger partial charge in [0.2, 0.25) is 0 Å². The molecule has 2 amide bonds. The molecule has 2 aliphatic rings. The van der Waals surface area contributed by atoms with Crippen LogP contribution in [0.5, 0.6) is 0 Å². The summed E-state index contributed by atoms with van der Waals surface area (Å²) < 4.78 is 5.27. The fourth-order valence-electron chi connectivity index (χ4n) is 4.01. The number of nitrogens with two attached hydrogens (primary N) is 1. The average Bonchev–Trinajstić information content (AvgIpc) is 3.33. The minimum atomic E-state index is -0.192. The van der Waals surface area contributed by atoms with Gasteiger partial charge in [0.15, 0.2) is 0 Å². The van der Waals surface area contributed by atoms with Gasteiger partial charge < -0.3 is 15.4 Å². The molecule has 0 bridgehead atoms. The molecular formula is C26H30N4O4. The molecule has 0 unspecified atom stereocenters. The van der Waals surface area contributed by atoms with Crippen LogP contribution in [-0.2, 0) is 14.4 Å². The molecule has 4 rings (SSSR count). The largest absolute Gasteiger partial charge is 0.387 e. The van der Waals surface area contributed by atoms with Crippen molar-refractivity contribution in [3.63, 3.8) is 0 Å². The van der Waals surface area contributed by atoms with Crippen LogP contribution in [0.2, 0.25) is 0 Å². The van der Waals surface area contributed by atoms with E-state index in [4.69, 9.17) is 15.3 Å². The van der Waals surface area contributed by atoms with E-state index in [0.717, 1.165) is 23.1 Å². The van der Waals surface area contributed by atoms with E-state index in [2.05, 4.69) is 4.99 Å². The Balaban J connectivity index is 1.58. The monoisotopic (exact) mass is 462 g/mol. The number of carbonyl (C=O) groups excluding carboxylic acids is 2. The van der Waals surface area contributed by atoms with Crippen molar-refractivity contribution in [3.8, 4) is 11.1 Å². The molecule has 2 aliphatic heterocycles. The number of hydrogen-bond acceptors (Lipinski definition) is 6. The van der Waals surface area contributed by atoms with Crippen LogP contribution >= 0.6 is 0 Å². The SMILES string of the molecule is CCCN(OCC)C(=O)C1=Cc2ccc(-c3ccc(C(=O)N4CCOC4)cc3)cc2N=C(N)C1. The zero-order chi connectivity index (χ0) is 24.1. The van der Waals surface area contributed by atoms with Crippen molar-refractivity contribution in [2.24, 2.45) is 10.7 Å². The Morgan fingerprint density at radius 3 is 2.59 bits per heavy atom. The molecule has 0 atom stereocenters. The zero-order valence-electron chi connectivity index (χ0n) is 19.6. The lowest BCUT2D eigenvalue weighted by molar-refractivity contribution is -0.180. The number of amides is 2. The normalized spacial score (nSPS) is 15.3. The van der Waals surface area contributed by atoms with Crippen LogP contribution in [0.4, 0.5) is 5.69 Å². The molecule has 2 aromatic rings. The first-order chi connectivity index (χ1) is 16.5. The van der Waals surface area contributed by atoms with E-state index < -0.39 is 0 Å². The molecule has 34 heavy (non-hydrogen) atoms. The van der Waals surface area contributed by atoms with E-state index in [1.54, 1.807) is 4.90 Å². The molecule has 1 saturated heterocycles. The Morgan fingerprint density at radius 2 is 1.91 bits per heavy atom. The Bertz CT molecular complexity index is 1110. The van der Waals surface area contributed by atoms with Crippen LogP contribution in [-0.4, -0.2) is 60.6 Å². The van der Waals surface area contributed by atoms with Crippen LogP contribution in [0.3, 0.4) is 0 Å². The second-order valence-corrected chi connectivity index (χ2v) is 8.23. The molecule has 8 heteroatoms. The number of hydrogen-bond donors (Lipinski definition) is 1. The Morgan fingerprint density at radius 1 is 1.15 bits per heavy atom. The van der Waals surface area contributed by atoms with E-state index in [-0.39, 0.29) is 18.2 Å². The summed E-state index contributed by atoms with van der Waals surface area (Å²) in [5, 5.41) is 1.40. The Hall–Kier alpha value is -3.49. The third-order valence-corrected chi connectivity index (χ3v) is 5.71. The van der Waals surface area contributed by atoms with Crippen LogP contribution in [0.25, 0.3) is 17.2 Å². The second kappa shape index (κ2) is 10.6. The van der Waals surface area contributed by atoms with Crippen molar-refractivity contribution >= 4 is 29.4 Å². The number of rotatable bonds is 7. The van der Waals surface area contributed by atoms with Gasteiger partial charge in [-0.2, -0.15) is 0 Å². The smallest absolute Gasteiger partial charge is 0.273 e. The first-order valence-corrected chi connectivity index (χ1v) is 11.6. The first-order valence-electron chi connectivity index (χ1n) is 11.6. The van der Waals surface area contributed by atoms with Gasteiger partial charge >= 0.3 is 0 Å². The van der Waals surface area contributed by atoms with E-state index in [9.17, 15) is 9.59 Å². The van der Waals surface area contributed by atoms with Gasteiger partial charge in [-0.1, -0.05) is 31.2 Å². The summed E-state index contributed by atoms with van der Waals surface area (Å²) in [5.74, 6) is 0.148. The Kier molecular flexibility index (Phi) is 7.40. The summed E-state index contributed by atoms with van der Waals surface area (Å²) in [5.41, 5.74) is 10.8. The summed E-state index contributed by atoms with van der Waals surface area (Å²) in [7, 11) is 0. The summed E-state index contributed by atoms with van der Waals surface area (Å²) in [6, 6.07) is 13.4. The fourth-order valence-corrected chi connectivity index (χ4v) is 4.01. The summed E-state index contributed by atoms with van der Waals surface area (Å²) >= 11 is 0. The van der Waals surface area contributed by atoms with Gasteiger partial charge in [0, 0.05) is 36.2 Å². The van der Waals surface area contributed by atoms with E-state index >= 15 is 0 Å². The van der Waals surface area contributed by atoms with Crippen molar-refractivity contribution < 1.29 is 19.2 Å². The van der Waals surface area contributed by atoms with Gasteiger partial charge in [0.1, 0.15) is 12.6 Å². The molecule has 2 heterocycles. The molecule has 178 valence electrons. The highest BCUT2D eigenvalue weighted by atomic mass is 16.7. The van der Waals surface area contributed by atoms with Crippen LogP contribution in [0.15, 0.2) is 53.0 Å². The standard InChI is InChI=1S/C26H30N4O4/c1-3-11-30(34-4-2)26(32)22-14-21-10-9-20(15-23(21)28-24(27)16-22)18-5-7-19(8-6-18)25(31)29-12-13-33-17-29/h5-10,14-15H,3-4,11-13,16-17H2,1-2H3,(H2,27,28). The maximum absolute atomic E-state index is 13.0. The number of aliphatic imine (C=N–C) groups is 1. The minimum Gasteiger partial charge on any atom is -0.387 e. The number of ether oxygens (including phenoxy) is 1. The molecule has 2 aromatic carbocycles. The highest BCUT2D eigenvalue weighted by Crippen LogP contribution is 2.32. The van der Waals surface area contributed by atoms with Gasteiger partial charge in [0.25, 0.3) is 11.8 Å². The lowest BCUT2D eigenvalue weighted by atomic mass is 10.00. The molecule has 2 N–H and O–H groups in total. The number of nitrogens with zero attached hydrogens (tertiary/aromatic N) is 3. The van der Waals surface area contributed by atoms with Gasteiger partial charge in [-0.05, 0) is 48.7 Å².